The molecule has 2 aliphatic rings. The van der Waals surface area contributed by atoms with E-state index in [1.54, 1.807) is 0 Å². The molecule has 0 bridgehead atoms. The first-order chi connectivity index (χ1) is 11.1. The second kappa shape index (κ2) is 9.29. The predicted octanol–water partition coefficient (Wildman–Crippen LogP) is 3.51. The summed E-state index contributed by atoms with van der Waals surface area (Å²) in [4.78, 5) is 7.42. The van der Waals surface area contributed by atoms with Gasteiger partial charge in [0.25, 0.3) is 0 Å². The van der Waals surface area contributed by atoms with E-state index in [0.29, 0.717) is 6.04 Å². The number of rotatable bonds is 9. The van der Waals surface area contributed by atoms with Crippen LogP contribution in [0.2, 0.25) is 0 Å². The van der Waals surface area contributed by atoms with Gasteiger partial charge < -0.3 is 9.80 Å². The molecule has 0 saturated carbocycles. The summed E-state index contributed by atoms with van der Waals surface area (Å²) >= 11 is 0. The lowest BCUT2D eigenvalue weighted by Gasteiger charge is -2.27. The Labute approximate surface area is 143 Å². The lowest BCUT2D eigenvalue weighted by Crippen LogP contribution is -2.33. The van der Waals surface area contributed by atoms with E-state index in [0.717, 1.165) is 18.8 Å². The molecule has 2 fully saturated rings. The Balaban J connectivity index is 1.77. The molecular formula is C20H35N3. The van der Waals surface area contributed by atoms with Crippen molar-refractivity contribution in [3.63, 3.8) is 0 Å². The van der Waals surface area contributed by atoms with Gasteiger partial charge in [0.1, 0.15) is 0 Å². The van der Waals surface area contributed by atoms with Crippen molar-refractivity contribution in [3.8, 4) is 0 Å². The summed E-state index contributed by atoms with van der Waals surface area (Å²) in [6.45, 7) is 17.7. The van der Waals surface area contributed by atoms with Crippen molar-refractivity contribution in [1.29, 1.82) is 0 Å². The monoisotopic (exact) mass is 317 g/mol. The van der Waals surface area contributed by atoms with Crippen molar-refractivity contribution in [1.82, 2.24) is 14.7 Å². The van der Waals surface area contributed by atoms with Crippen LogP contribution in [0.25, 0.3) is 0 Å². The van der Waals surface area contributed by atoms with Crippen LogP contribution in [0.15, 0.2) is 36.6 Å². The normalized spacial score (nSPS) is 21.6. The van der Waals surface area contributed by atoms with Crippen LogP contribution >= 0.6 is 0 Å². The Bertz CT molecular complexity index is 415. The number of allylic oxidation sites excluding steroid dienone is 1. The van der Waals surface area contributed by atoms with Crippen molar-refractivity contribution >= 4 is 0 Å². The van der Waals surface area contributed by atoms with E-state index in [1.807, 2.05) is 6.08 Å². The topological polar surface area (TPSA) is 9.72 Å². The Morgan fingerprint density at radius 1 is 1.13 bits per heavy atom. The highest BCUT2D eigenvalue weighted by atomic mass is 15.2. The summed E-state index contributed by atoms with van der Waals surface area (Å²) in [6, 6.07) is 0.681. The van der Waals surface area contributed by atoms with Crippen LogP contribution in [-0.4, -0.2) is 67.1 Å². The Kier molecular flexibility index (Phi) is 7.38. The van der Waals surface area contributed by atoms with Gasteiger partial charge in [0, 0.05) is 31.9 Å². The molecule has 1 atom stereocenters. The lowest BCUT2D eigenvalue weighted by molar-refractivity contribution is 0.230. The molecule has 130 valence electrons. The molecule has 0 aromatic carbocycles. The molecule has 0 aromatic rings. The van der Waals surface area contributed by atoms with Crippen molar-refractivity contribution in [3.05, 3.63) is 36.6 Å². The predicted molar refractivity (Wildman–Crippen MR) is 101 cm³/mol. The highest BCUT2D eigenvalue weighted by Gasteiger charge is 2.18. The number of hydrogen-bond donors (Lipinski definition) is 0. The van der Waals surface area contributed by atoms with Crippen LogP contribution in [-0.2, 0) is 0 Å². The maximum atomic E-state index is 4.26. The summed E-state index contributed by atoms with van der Waals surface area (Å²) in [5.41, 5.74) is 2.39. The Morgan fingerprint density at radius 2 is 1.74 bits per heavy atom. The molecule has 2 rings (SSSR count). The van der Waals surface area contributed by atoms with Crippen molar-refractivity contribution in [2.75, 3.05) is 46.3 Å². The van der Waals surface area contributed by atoms with E-state index in [2.05, 4.69) is 47.9 Å². The molecule has 2 aliphatic heterocycles. The maximum absolute atomic E-state index is 4.26. The van der Waals surface area contributed by atoms with Gasteiger partial charge in [0.2, 0.25) is 0 Å². The zero-order valence-electron chi connectivity index (χ0n) is 15.3. The largest absolute Gasteiger partial charge is 0.375 e. The van der Waals surface area contributed by atoms with Gasteiger partial charge in [-0.25, -0.2) is 0 Å². The van der Waals surface area contributed by atoms with E-state index >= 15 is 0 Å². The fourth-order valence-electron chi connectivity index (χ4n) is 3.58. The van der Waals surface area contributed by atoms with Crippen molar-refractivity contribution in [2.45, 2.75) is 45.1 Å². The minimum atomic E-state index is 0.681. The summed E-state index contributed by atoms with van der Waals surface area (Å²) in [7, 11) is 2.16. The average molecular weight is 318 g/mol. The second-order valence-corrected chi connectivity index (χ2v) is 7.20. The fraction of sp³-hybridized carbons (Fsp3) is 0.700. The third kappa shape index (κ3) is 5.82. The summed E-state index contributed by atoms with van der Waals surface area (Å²) in [6.07, 6.45) is 10.8. The second-order valence-electron chi connectivity index (χ2n) is 7.20. The average Bonchev–Trinajstić information content (AvgIpc) is 3.24. The first-order valence-corrected chi connectivity index (χ1v) is 9.29. The van der Waals surface area contributed by atoms with Gasteiger partial charge in [-0.1, -0.05) is 19.2 Å². The smallest absolute Gasteiger partial charge is 0.0293 e. The summed E-state index contributed by atoms with van der Waals surface area (Å²) < 4.78 is 0. The van der Waals surface area contributed by atoms with Gasteiger partial charge in [-0.05, 0) is 76.9 Å². The molecule has 0 N–H and O–H groups in total. The van der Waals surface area contributed by atoms with E-state index in [-0.39, 0.29) is 0 Å². The molecule has 3 nitrogen and oxygen atoms in total. The minimum Gasteiger partial charge on any atom is -0.375 e. The first-order valence-electron chi connectivity index (χ1n) is 9.29. The van der Waals surface area contributed by atoms with Gasteiger partial charge in [-0.3, -0.25) is 4.90 Å². The highest BCUT2D eigenvalue weighted by molar-refractivity contribution is 5.28. The molecule has 2 heterocycles. The third-order valence-electron chi connectivity index (χ3n) is 5.36. The maximum Gasteiger partial charge on any atom is 0.0293 e. The van der Waals surface area contributed by atoms with E-state index < -0.39 is 0 Å². The zero-order valence-corrected chi connectivity index (χ0v) is 15.3. The van der Waals surface area contributed by atoms with Crippen LogP contribution in [0.3, 0.4) is 0 Å². The van der Waals surface area contributed by atoms with Crippen LogP contribution < -0.4 is 0 Å². The molecule has 0 amide bonds. The van der Waals surface area contributed by atoms with Crippen LogP contribution in [0.1, 0.15) is 39.0 Å². The molecule has 1 unspecified atom stereocenters. The lowest BCUT2D eigenvalue weighted by atomic mass is 10.1. The van der Waals surface area contributed by atoms with E-state index in [4.69, 9.17) is 0 Å². The quantitative estimate of drug-likeness (QED) is 0.603. The summed E-state index contributed by atoms with van der Waals surface area (Å²) in [5, 5.41) is 0. The van der Waals surface area contributed by atoms with Crippen LogP contribution in [0, 0.1) is 0 Å². The van der Waals surface area contributed by atoms with Gasteiger partial charge in [-0.15, -0.1) is 0 Å². The molecular weight excluding hydrogens is 282 g/mol. The van der Waals surface area contributed by atoms with Crippen LogP contribution in [0.5, 0.6) is 0 Å². The Morgan fingerprint density at radius 3 is 2.35 bits per heavy atom. The number of hydrogen-bond acceptors (Lipinski definition) is 3. The van der Waals surface area contributed by atoms with Gasteiger partial charge in [-0.2, -0.15) is 0 Å². The molecule has 2 saturated heterocycles. The van der Waals surface area contributed by atoms with Crippen molar-refractivity contribution in [2.24, 2.45) is 0 Å². The third-order valence-corrected chi connectivity index (χ3v) is 5.36. The highest BCUT2D eigenvalue weighted by Crippen LogP contribution is 2.16. The van der Waals surface area contributed by atoms with Crippen molar-refractivity contribution < 1.29 is 0 Å². The molecule has 0 aromatic heterocycles. The SMILES string of the molecule is C=C/C(=C\C(=C)N(C)CCC(C)N1CCCC1)CN1CCCC1. The number of likely N-dealkylation sites (N-methyl/N-ethyl adjacent to an activating group) is 1. The molecule has 0 spiro atoms. The van der Waals surface area contributed by atoms with E-state index in [9.17, 15) is 0 Å². The molecule has 0 radical (unpaired) electrons. The Hall–Kier alpha value is -1.06. The summed E-state index contributed by atoms with van der Waals surface area (Å²) in [5.74, 6) is 0. The molecule has 23 heavy (non-hydrogen) atoms. The standard InChI is InChI=1S/C20H35N3/c1-5-20(17-22-11-6-7-12-22)16-19(3)21(4)15-10-18(2)23-13-8-9-14-23/h5,16,18H,1,3,6-15,17H2,2,4H3/b20-16+. The number of likely N-dealkylation sites (tertiary alicyclic amines) is 2. The molecule has 3 heteroatoms. The number of nitrogens with zero attached hydrogens (tertiary/aromatic N) is 3. The van der Waals surface area contributed by atoms with Crippen LogP contribution in [0.4, 0.5) is 0 Å². The van der Waals surface area contributed by atoms with Gasteiger partial charge >= 0.3 is 0 Å². The molecule has 0 aliphatic carbocycles. The van der Waals surface area contributed by atoms with Gasteiger partial charge in [0.15, 0.2) is 0 Å². The van der Waals surface area contributed by atoms with Gasteiger partial charge in [0.05, 0.1) is 0 Å². The minimum absolute atomic E-state index is 0.681. The first kappa shape index (κ1) is 18.3. The fourth-order valence-corrected chi connectivity index (χ4v) is 3.58. The zero-order chi connectivity index (χ0) is 16.7. The van der Waals surface area contributed by atoms with E-state index in [1.165, 1.54) is 63.9 Å².